The molecule has 0 bridgehead atoms. The first-order valence-corrected chi connectivity index (χ1v) is 14.4. The van der Waals surface area contributed by atoms with Gasteiger partial charge in [-0.1, -0.05) is 11.8 Å². The molecule has 244 valence electrons. The van der Waals surface area contributed by atoms with Gasteiger partial charge in [-0.3, -0.25) is 14.2 Å². The molecule has 5 rings (SSSR count). The molecular formula is C29H26F4N4O8S. The van der Waals surface area contributed by atoms with Gasteiger partial charge in [-0.15, -0.1) is 0 Å². The zero-order valence-corrected chi connectivity index (χ0v) is 24.3. The summed E-state index contributed by atoms with van der Waals surface area (Å²) in [6.07, 6.45) is -1.66. The molecule has 46 heavy (non-hydrogen) atoms. The lowest BCUT2D eigenvalue weighted by Crippen LogP contribution is -2.58. The average molecular weight is 667 g/mol. The summed E-state index contributed by atoms with van der Waals surface area (Å²) in [5.41, 5.74) is -1.04. The molecule has 1 aliphatic rings. The largest absolute Gasteiger partial charge is 0.415 e. The Labute approximate surface area is 261 Å². The number of nitrogens with one attached hydrogen (secondary N) is 1. The monoisotopic (exact) mass is 666 g/mol. The van der Waals surface area contributed by atoms with E-state index in [9.17, 15) is 47.9 Å². The number of carbonyl (C=O) groups excluding carboxylic acids is 1. The van der Waals surface area contributed by atoms with Crippen molar-refractivity contribution in [3.05, 3.63) is 76.7 Å². The summed E-state index contributed by atoms with van der Waals surface area (Å²) in [4.78, 5) is 25.9. The van der Waals surface area contributed by atoms with Gasteiger partial charge in [0.25, 0.3) is 12.3 Å². The number of pyridine rings is 3. The van der Waals surface area contributed by atoms with Gasteiger partial charge in [0, 0.05) is 45.3 Å². The predicted octanol–water partition coefficient (Wildman–Crippen LogP) is 2.64. The number of hydrogen-bond acceptors (Lipinski definition) is 12. The first-order valence-electron chi connectivity index (χ1n) is 13.5. The number of alkyl halides is 4. The van der Waals surface area contributed by atoms with E-state index in [4.69, 9.17) is 9.47 Å². The first kappa shape index (κ1) is 33.4. The third-order valence-electron chi connectivity index (χ3n) is 6.77. The summed E-state index contributed by atoms with van der Waals surface area (Å²) < 4.78 is 64.6. The van der Waals surface area contributed by atoms with E-state index < -0.39 is 47.9 Å². The van der Waals surface area contributed by atoms with Crippen molar-refractivity contribution < 1.29 is 57.4 Å². The Hall–Kier alpha value is -3.97. The van der Waals surface area contributed by atoms with Crippen LogP contribution in [0.5, 0.6) is 5.88 Å². The second-order valence-electron chi connectivity index (χ2n) is 10.1. The van der Waals surface area contributed by atoms with Crippen molar-refractivity contribution in [1.82, 2.24) is 20.3 Å². The van der Waals surface area contributed by atoms with E-state index in [2.05, 4.69) is 20.3 Å². The van der Waals surface area contributed by atoms with Crippen LogP contribution in [0.2, 0.25) is 0 Å². The fourth-order valence-electron chi connectivity index (χ4n) is 4.45. The Morgan fingerprint density at radius 3 is 2.59 bits per heavy atom. The predicted molar refractivity (Wildman–Crippen MR) is 153 cm³/mol. The average Bonchev–Trinajstić information content (AvgIpc) is 3.18. The van der Waals surface area contributed by atoms with E-state index >= 15 is 0 Å². The van der Waals surface area contributed by atoms with Gasteiger partial charge in [0.15, 0.2) is 5.50 Å². The number of aliphatic hydroxyl groups is 5. The Morgan fingerprint density at radius 2 is 1.87 bits per heavy atom. The lowest BCUT2D eigenvalue weighted by Gasteiger charge is -2.29. The Kier molecular flexibility index (Phi) is 9.73. The SMILES string of the molecule is O=C(NCc1cc2nc(-c3ccc(CCF)nc3OC(O)(O)C(O)(O)O)ccc2cn1)c1cc2c(c(C(F)F)c1)COCC(F)S2. The van der Waals surface area contributed by atoms with Crippen LogP contribution in [0.15, 0.2) is 53.6 Å². The summed E-state index contributed by atoms with van der Waals surface area (Å²) in [6, 6.07) is 9.72. The van der Waals surface area contributed by atoms with Gasteiger partial charge in [0.1, 0.15) is 0 Å². The molecule has 12 nitrogen and oxygen atoms in total. The van der Waals surface area contributed by atoms with Crippen LogP contribution >= 0.6 is 11.8 Å². The number of fused-ring (bicyclic) bond motifs is 2. The Bertz CT molecular complexity index is 1760. The van der Waals surface area contributed by atoms with Gasteiger partial charge in [0.05, 0.1) is 48.9 Å². The van der Waals surface area contributed by atoms with E-state index in [0.29, 0.717) is 28.4 Å². The van der Waals surface area contributed by atoms with Gasteiger partial charge in [-0.2, -0.15) is 0 Å². The van der Waals surface area contributed by atoms with Gasteiger partial charge in [0.2, 0.25) is 5.88 Å². The highest BCUT2D eigenvalue weighted by atomic mass is 32.2. The molecule has 1 unspecified atom stereocenters. The third kappa shape index (κ3) is 7.36. The summed E-state index contributed by atoms with van der Waals surface area (Å²) in [6.45, 7) is -1.45. The minimum atomic E-state index is -4.12. The molecule has 1 amide bonds. The van der Waals surface area contributed by atoms with Crippen LogP contribution in [0, 0.1) is 0 Å². The van der Waals surface area contributed by atoms with E-state index in [0.717, 1.165) is 6.07 Å². The molecule has 6 N–H and O–H groups in total. The maximum Gasteiger partial charge on any atom is 0.410 e. The second kappa shape index (κ2) is 13.4. The highest BCUT2D eigenvalue weighted by Crippen LogP contribution is 2.38. The number of carbonyl (C=O) groups is 1. The maximum atomic E-state index is 14.1. The fraction of sp³-hybridized carbons (Fsp3) is 0.310. The molecule has 0 spiro atoms. The van der Waals surface area contributed by atoms with Crippen molar-refractivity contribution in [1.29, 1.82) is 0 Å². The molecule has 0 fully saturated rings. The minimum absolute atomic E-state index is 0.00951. The molecule has 1 atom stereocenters. The van der Waals surface area contributed by atoms with Crippen LogP contribution in [0.4, 0.5) is 17.6 Å². The minimum Gasteiger partial charge on any atom is -0.415 e. The molecule has 17 heteroatoms. The molecule has 0 saturated heterocycles. The number of amides is 1. The van der Waals surface area contributed by atoms with Crippen LogP contribution in [0.25, 0.3) is 22.2 Å². The van der Waals surface area contributed by atoms with E-state index in [1.54, 1.807) is 6.07 Å². The Balaban J connectivity index is 1.41. The molecule has 3 aromatic heterocycles. The second-order valence-corrected chi connectivity index (χ2v) is 11.3. The number of ether oxygens (including phenoxy) is 2. The van der Waals surface area contributed by atoms with E-state index in [1.165, 1.54) is 36.5 Å². The molecule has 4 heterocycles. The maximum absolute atomic E-state index is 14.1. The molecule has 4 aromatic rings. The van der Waals surface area contributed by atoms with Crippen molar-refractivity contribution in [3.8, 4) is 17.1 Å². The van der Waals surface area contributed by atoms with Crippen molar-refractivity contribution >= 4 is 28.6 Å². The number of hydrogen-bond donors (Lipinski definition) is 6. The highest BCUT2D eigenvalue weighted by molar-refractivity contribution is 7.99. The molecule has 0 saturated carbocycles. The molecule has 1 aliphatic heterocycles. The summed E-state index contributed by atoms with van der Waals surface area (Å²) >= 11 is 0.699. The molecule has 0 radical (unpaired) electrons. The van der Waals surface area contributed by atoms with Crippen LogP contribution in [-0.2, 0) is 24.3 Å². The van der Waals surface area contributed by atoms with Crippen LogP contribution in [-0.4, -0.2) is 77.1 Å². The van der Waals surface area contributed by atoms with Crippen molar-refractivity contribution in [2.45, 2.75) is 48.3 Å². The number of rotatable bonds is 10. The summed E-state index contributed by atoms with van der Waals surface area (Å²) in [5.74, 6) is -9.40. The quantitative estimate of drug-likeness (QED) is 0.108. The summed E-state index contributed by atoms with van der Waals surface area (Å²) in [7, 11) is 0. The van der Waals surface area contributed by atoms with E-state index in [1.807, 2.05) is 0 Å². The van der Waals surface area contributed by atoms with Crippen LogP contribution in [0.3, 0.4) is 0 Å². The lowest BCUT2D eigenvalue weighted by molar-refractivity contribution is -0.502. The lowest BCUT2D eigenvalue weighted by atomic mass is 10.0. The van der Waals surface area contributed by atoms with Gasteiger partial charge >= 0.3 is 11.9 Å². The molecular weight excluding hydrogens is 640 g/mol. The molecule has 1 aromatic carbocycles. The number of nitrogens with zero attached hydrogens (tertiary/aromatic N) is 3. The summed E-state index contributed by atoms with van der Waals surface area (Å²) in [5, 5.41) is 50.7. The van der Waals surface area contributed by atoms with Crippen molar-refractivity contribution in [2.24, 2.45) is 0 Å². The normalized spacial score (nSPS) is 15.5. The van der Waals surface area contributed by atoms with Crippen molar-refractivity contribution in [3.63, 3.8) is 0 Å². The van der Waals surface area contributed by atoms with E-state index in [-0.39, 0.29) is 59.2 Å². The molecule has 0 aliphatic carbocycles. The number of aryl methyl sites for hydroxylation is 1. The van der Waals surface area contributed by atoms with Gasteiger partial charge in [-0.05, 0) is 42.5 Å². The third-order valence-corrected chi connectivity index (χ3v) is 7.78. The van der Waals surface area contributed by atoms with Gasteiger partial charge in [-0.25, -0.2) is 23.1 Å². The number of halogens is 4. The van der Waals surface area contributed by atoms with Crippen LogP contribution in [0.1, 0.15) is 39.3 Å². The van der Waals surface area contributed by atoms with Crippen molar-refractivity contribution in [2.75, 3.05) is 13.3 Å². The Morgan fingerprint density at radius 1 is 1.09 bits per heavy atom. The number of benzene rings is 1. The zero-order chi connectivity index (χ0) is 33.2. The smallest absolute Gasteiger partial charge is 0.410 e. The number of thioether (sulfide) groups is 1. The van der Waals surface area contributed by atoms with Crippen LogP contribution < -0.4 is 10.1 Å². The highest BCUT2D eigenvalue weighted by Gasteiger charge is 2.50. The topological polar surface area (TPSA) is 187 Å². The first-order chi connectivity index (χ1) is 21.8. The van der Waals surface area contributed by atoms with Gasteiger partial charge < -0.3 is 40.3 Å². The zero-order valence-electron chi connectivity index (χ0n) is 23.5. The fourth-order valence-corrected chi connectivity index (χ4v) is 5.40. The number of aromatic nitrogens is 3. The standard InChI is InChI=1S/C29H26F4N4O8S/c30-6-5-16-2-3-18(27(36-16)45-29(42,43)28(39,40)41)21-4-1-14-10-34-17(9-22(14)37-21)11-35-26(38)15-7-19(25(32)33)20-12-44-13-24(31)46-23(20)8-15/h1-4,7-10,24-25,39-43H,5-6,11-13H2,(H,35,38).